The predicted molar refractivity (Wildman–Crippen MR) is 101 cm³/mol. The van der Waals surface area contributed by atoms with Crippen molar-refractivity contribution in [3.05, 3.63) is 48.0 Å². The molecule has 2 aromatic rings. The highest BCUT2D eigenvalue weighted by atomic mass is 16.5. The first-order valence-corrected chi connectivity index (χ1v) is 8.83. The van der Waals surface area contributed by atoms with E-state index in [4.69, 9.17) is 10.5 Å². The molecule has 0 aromatic heterocycles. The van der Waals surface area contributed by atoms with Crippen molar-refractivity contribution in [1.29, 1.82) is 0 Å². The van der Waals surface area contributed by atoms with E-state index in [1.807, 2.05) is 42.5 Å². The molecular weight excluding hydrogens is 348 g/mol. The van der Waals surface area contributed by atoms with Gasteiger partial charge in [-0.1, -0.05) is 42.5 Å². The number of fused-ring (bicyclic) bond motifs is 1. The Hall–Kier alpha value is -2.93. The van der Waals surface area contributed by atoms with Crippen molar-refractivity contribution in [3.8, 4) is 0 Å². The lowest BCUT2D eigenvalue weighted by Crippen LogP contribution is -2.49. The highest BCUT2D eigenvalue weighted by molar-refractivity contribution is 5.89. The minimum Gasteiger partial charge on any atom is -0.480 e. The number of carbonyl (C=O) groups is 3. The first kappa shape index (κ1) is 20.4. The number of carbonyl (C=O) groups excluding carboxylic acids is 2. The Bertz CT molecular complexity index is 816. The molecule has 144 valence electrons. The monoisotopic (exact) mass is 372 g/mol. The van der Waals surface area contributed by atoms with E-state index < -0.39 is 29.9 Å². The van der Waals surface area contributed by atoms with Crippen LogP contribution in [0.25, 0.3) is 10.8 Å². The zero-order valence-corrected chi connectivity index (χ0v) is 15.2. The van der Waals surface area contributed by atoms with Gasteiger partial charge in [0.2, 0.25) is 5.91 Å². The highest BCUT2D eigenvalue weighted by Gasteiger charge is 2.24. The van der Waals surface area contributed by atoms with Crippen LogP contribution >= 0.6 is 0 Å². The van der Waals surface area contributed by atoms with E-state index in [0.29, 0.717) is 0 Å². The zero-order valence-electron chi connectivity index (χ0n) is 15.2. The van der Waals surface area contributed by atoms with Crippen LogP contribution in [0.1, 0.15) is 25.3 Å². The number of nitrogens with two attached hydrogens (primary N) is 1. The predicted octanol–water partition coefficient (Wildman–Crippen LogP) is 1.62. The summed E-state index contributed by atoms with van der Waals surface area (Å²) >= 11 is 0. The molecule has 0 aliphatic carbocycles. The Morgan fingerprint density at radius 1 is 1.15 bits per heavy atom. The van der Waals surface area contributed by atoms with Gasteiger partial charge in [0.1, 0.15) is 6.04 Å². The topological polar surface area (TPSA) is 119 Å². The molecule has 0 heterocycles. The number of benzene rings is 2. The summed E-state index contributed by atoms with van der Waals surface area (Å²) < 4.78 is 4.79. The molecule has 0 aliphatic rings. The van der Waals surface area contributed by atoms with Crippen molar-refractivity contribution in [1.82, 2.24) is 5.32 Å². The largest absolute Gasteiger partial charge is 0.480 e. The molecule has 0 bridgehead atoms. The Morgan fingerprint density at radius 2 is 1.85 bits per heavy atom. The molecule has 0 spiro atoms. The van der Waals surface area contributed by atoms with Crippen LogP contribution in [-0.2, 0) is 25.5 Å². The number of aliphatic carboxylic acids is 1. The average molecular weight is 372 g/mol. The minimum atomic E-state index is -1.14. The van der Waals surface area contributed by atoms with E-state index >= 15 is 0 Å². The van der Waals surface area contributed by atoms with Crippen LogP contribution < -0.4 is 11.1 Å². The summed E-state index contributed by atoms with van der Waals surface area (Å²) in [5.41, 5.74) is 6.60. The smallest absolute Gasteiger partial charge is 0.326 e. The molecule has 0 saturated carbocycles. The van der Waals surface area contributed by atoms with Crippen LogP contribution in [-0.4, -0.2) is 41.6 Å². The molecule has 1 amide bonds. The molecule has 2 atom stereocenters. The summed E-state index contributed by atoms with van der Waals surface area (Å²) in [6, 6.07) is 11.2. The quantitative estimate of drug-likeness (QED) is 0.576. The van der Waals surface area contributed by atoms with Crippen LogP contribution in [0.2, 0.25) is 0 Å². The van der Waals surface area contributed by atoms with Gasteiger partial charge in [-0.05, 0) is 29.7 Å². The highest BCUT2D eigenvalue weighted by Crippen LogP contribution is 2.20. The third kappa shape index (κ3) is 5.79. The molecule has 7 nitrogen and oxygen atoms in total. The average Bonchev–Trinajstić information content (AvgIpc) is 2.65. The van der Waals surface area contributed by atoms with Gasteiger partial charge in [-0.2, -0.15) is 0 Å². The number of nitrogens with one attached hydrogen (secondary N) is 1. The number of hydrogen-bond donors (Lipinski definition) is 3. The van der Waals surface area contributed by atoms with Gasteiger partial charge < -0.3 is 20.9 Å². The van der Waals surface area contributed by atoms with Gasteiger partial charge in [0.25, 0.3) is 0 Å². The van der Waals surface area contributed by atoms with Crippen molar-refractivity contribution in [2.24, 2.45) is 5.73 Å². The third-order valence-electron chi connectivity index (χ3n) is 4.22. The second kappa shape index (κ2) is 9.68. The van der Waals surface area contributed by atoms with Gasteiger partial charge in [0.15, 0.2) is 0 Å². The van der Waals surface area contributed by atoms with Gasteiger partial charge >= 0.3 is 11.9 Å². The lowest BCUT2D eigenvalue weighted by molar-refractivity contribution is -0.144. The molecule has 27 heavy (non-hydrogen) atoms. The molecule has 4 N–H and O–H groups in total. The molecule has 0 saturated heterocycles. The van der Waals surface area contributed by atoms with E-state index in [-0.39, 0.29) is 25.9 Å². The van der Waals surface area contributed by atoms with Gasteiger partial charge in [0, 0.05) is 12.8 Å². The number of esters is 1. The normalized spacial score (nSPS) is 13.0. The first-order chi connectivity index (χ1) is 12.9. The molecular formula is C20H24N2O5. The van der Waals surface area contributed by atoms with Gasteiger partial charge in [-0.25, -0.2) is 4.79 Å². The van der Waals surface area contributed by atoms with Crippen LogP contribution in [0.3, 0.4) is 0 Å². The van der Waals surface area contributed by atoms with Crippen molar-refractivity contribution in [3.63, 3.8) is 0 Å². The molecule has 7 heteroatoms. The Balaban J connectivity index is 2.03. The number of amides is 1. The Kier molecular flexibility index (Phi) is 7.31. The third-order valence-corrected chi connectivity index (χ3v) is 4.22. The lowest BCUT2D eigenvalue weighted by atomic mass is 9.98. The number of ether oxygens (including phenoxy) is 1. The molecule has 0 unspecified atom stereocenters. The lowest BCUT2D eigenvalue weighted by Gasteiger charge is -2.18. The summed E-state index contributed by atoms with van der Waals surface area (Å²) in [5, 5.41) is 13.9. The Labute approximate surface area is 157 Å². The summed E-state index contributed by atoms with van der Waals surface area (Å²) in [7, 11) is 0. The molecule has 0 radical (unpaired) electrons. The Morgan fingerprint density at radius 3 is 2.56 bits per heavy atom. The van der Waals surface area contributed by atoms with Gasteiger partial charge in [0.05, 0.1) is 12.6 Å². The molecule has 0 fully saturated rings. The van der Waals surface area contributed by atoms with E-state index in [1.165, 1.54) is 0 Å². The van der Waals surface area contributed by atoms with E-state index in [9.17, 15) is 19.5 Å². The van der Waals surface area contributed by atoms with E-state index in [1.54, 1.807) is 6.92 Å². The van der Waals surface area contributed by atoms with Crippen molar-refractivity contribution < 1.29 is 24.2 Å². The minimum absolute atomic E-state index is 0.00346. The van der Waals surface area contributed by atoms with E-state index in [2.05, 4.69) is 5.32 Å². The second-order valence-corrected chi connectivity index (χ2v) is 6.19. The maximum Gasteiger partial charge on any atom is 0.326 e. The maximum absolute atomic E-state index is 12.2. The summed E-state index contributed by atoms with van der Waals surface area (Å²) in [4.78, 5) is 35.2. The SMILES string of the molecule is CCOC(=O)CC[C@H](N)C(=O)N[C@@H](Cc1cccc2ccccc12)C(=O)O. The number of carboxylic acids is 1. The zero-order chi connectivity index (χ0) is 19.8. The molecule has 2 aromatic carbocycles. The summed E-state index contributed by atoms with van der Waals surface area (Å²) in [6.45, 7) is 1.95. The van der Waals surface area contributed by atoms with Crippen LogP contribution in [0, 0.1) is 0 Å². The van der Waals surface area contributed by atoms with Gasteiger partial charge in [-0.3, -0.25) is 9.59 Å². The summed E-state index contributed by atoms with van der Waals surface area (Å²) in [5.74, 6) is -2.19. The standard InChI is InChI=1S/C20H24N2O5/c1-2-27-18(23)11-10-16(21)19(24)22-17(20(25)26)12-14-8-5-7-13-6-3-4-9-15(13)14/h3-9,16-17H,2,10-12,21H2,1H3,(H,22,24)(H,25,26)/t16-,17-/m0/s1. The molecule has 0 aliphatic heterocycles. The fourth-order valence-corrected chi connectivity index (χ4v) is 2.81. The fourth-order valence-electron chi connectivity index (χ4n) is 2.81. The maximum atomic E-state index is 12.2. The summed E-state index contributed by atoms with van der Waals surface area (Å²) in [6.07, 6.45) is 0.224. The van der Waals surface area contributed by atoms with Crippen LogP contribution in [0.15, 0.2) is 42.5 Å². The number of carboxylic acid groups (broad SMARTS) is 1. The van der Waals surface area contributed by atoms with E-state index in [0.717, 1.165) is 16.3 Å². The van der Waals surface area contributed by atoms with Crippen molar-refractivity contribution >= 4 is 28.6 Å². The van der Waals surface area contributed by atoms with Crippen molar-refractivity contribution in [2.75, 3.05) is 6.61 Å². The van der Waals surface area contributed by atoms with Crippen molar-refractivity contribution in [2.45, 2.75) is 38.3 Å². The first-order valence-electron chi connectivity index (χ1n) is 8.83. The number of hydrogen-bond acceptors (Lipinski definition) is 5. The van der Waals surface area contributed by atoms with Crippen LogP contribution in [0.4, 0.5) is 0 Å². The molecule has 2 rings (SSSR count). The van der Waals surface area contributed by atoms with Gasteiger partial charge in [-0.15, -0.1) is 0 Å². The fraction of sp³-hybridized carbons (Fsp3) is 0.350. The van der Waals surface area contributed by atoms with Crippen LogP contribution in [0.5, 0.6) is 0 Å². The number of rotatable bonds is 9. The second-order valence-electron chi connectivity index (χ2n) is 6.19.